The molecule has 1 N–H and O–H groups in total. The molecule has 6 nitrogen and oxygen atoms in total. The van der Waals surface area contributed by atoms with Gasteiger partial charge in [0.15, 0.2) is 5.83 Å². The maximum absolute atomic E-state index is 15.9. The zero-order valence-electron chi connectivity index (χ0n) is 24.0. The lowest BCUT2D eigenvalue weighted by Gasteiger charge is -2.47. The quantitative estimate of drug-likeness (QED) is 0.288. The van der Waals surface area contributed by atoms with Gasteiger partial charge in [-0.3, -0.25) is 4.98 Å². The van der Waals surface area contributed by atoms with Gasteiger partial charge in [0, 0.05) is 31.6 Å². The van der Waals surface area contributed by atoms with Crippen LogP contribution in [0, 0.1) is 5.41 Å². The Balaban J connectivity index is 1.44. The van der Waals surface area contributed by atoms with Crippen molar-refractivity contribution in [2.75, 3.05) is 49.1 Å². The zero-order valence-corrected chi connectivity index (χ0v) is 24.0. The van der Waals surface area contributed by atoms with Crippen LogP contribution in [0.2, 0.25) is 0 Å². The van der Waals surface area contributed by atoms with E-state index in [4.69, 9.17) is 4.74 Å². The van der Waals surface area contributed by atoms with Crippen molar-refractivity contribution in [3.63, 3.8) is 0 Å². The molecule has 44 heavy (non-hydrogen) atoms. The van der Waals surface area contributed by atoms with Crippen molar-refractivity contribution in [2.45, 2.75) is 44.2 Å². The molecule has 0 atom stereocenters. The Morgan fingerprint density at radius 1 is 0.909 bits per heavy atom. The SMILES string of the molecule is F/C(=C\c1ccc(Oc2ccccc2)c(C(F)(F)F)c1N1CCCC2(CCNCC2)C1)c1cncc(N2CCC(F)(F)C2)n1. The molecular weight excluding hydrogens is 584 g/mol. The maximum Gasteiger partial charge on any atom is 0.422 e. The summed E-state index contributed by atoms with van der Waals surface area (Å²) < 4.78 is 94.3. The van der Waals surface area contributed by atoms with Crippen LogP contribution >= 0.6 is 0 Å². The number of hydrogen-bond acceptors (Lipinski definition) is 6. The average Bonchev–Trinajstić information content (AvgIpc) is 3.37. The summed E-state index contributed by atoms with van der Waals surface area (Å²) in [5, 5.41) is 3.33. The van der Waals surface area contributed by atoms with Gasteiger partial charge in [-0.15, -0.1) is 0 Å². The van der Waals surface area contributed by atoms with Gasteiger partial charge in [0.25, 0.3) is 5.92 Å². The molecule has 0 radical (unpaired) electrons. The summed E-state index contributed by atoms with van der Waals surface area (Å²) in [5.74, 6) is -3.87. The smallest absolute Gasteiger partial charge is 0.422 e. The molecule has 4 heterocycles. The van der Waals surface area contributed by atoms with Crippen LogP contribution in [0.5, 0.6) is 11.5 Å². The zero-order chi connectivity index (χ0) is 31.0. The van der Waals surface area contributed by atoms with Crippen molar-refractivity contribution in [1.82, 2.24) is 15.3 Å². The summed E-state index contributed by atoms with van der Waals surface area (Å²) in [6, 6.07) is 10.8. The van der Waals surface area contributed by atoms with Crippen molar-refractivity contribution in [2.24, 2.45) is 5.41 Å². The fourth-order valence-electron chi connectivity index (χ4n) is 6.55. The molecule has 3 aliphatic heterocycles. The summed E-state index contributed by atoms with van der Waals surface area (Å²) in [7, 11) is 0. The molecule has 3 saturated heterocycles. The topological polar surface area (TPSA) is 53.5 Å². The number of nitrogens with one attached hydrogen (secondary N) is 1. The molecule has 0 saturated carbocycles. The fourth-order valence-corrected chi connectivity index (χ4v) is 6.55. The Bertz CT molecular complexity index is 1500. The highest BCUT2D eigenvalue weighted by atomic mass is 19.4. The summed E-state index contributed by atoms with van der Waals surface area (Å²) >= 11 is 0. The van der Waals surface area contributed by atoms with Crippen LogP contribution in [0.15, 0.2) is 54.9 Å². The van der Waals surface area contributed by atoms with Gasteiger partial charge in [-0.2, -0.15) is 13.2 Å². The highest BCUT2D eigenvalue weighted by Crippen LogP contribution is 2.49. The van der Waals surface area contributed by atoms with Gasteiger partial charge in [0.05, 0.1) is 24.6 Å². The molecule has 1 aromatic heterocycles. The second kappa shape index (κ2) is 11.9. The van der Waals surface area contributed by atoms with E-state index < -0.39 is 30.0 Å². The van der Waals surface area contributed by atoms with E-state index in [1.165, 1.54) is 23.2 Å². The van der Waals surface area contributed by atoms with E-state index in [9.17, 15) is 8.78 Å². The number of para-hydroxylation sites is 1. The van der Waals surface area contributed by atoms with Crippen LogP contribution in [-0.4, -0.2) is 55.2 Å². The molecule has 3 fully saturated rings. The Morgan fingerprint density at radius 3 is 2.39 bits per heavy atom. The minimum absolute atomic E-state index is 0.0149. The van der Waals surface area contributed by atoms with E-state index in [-0.39, 0.29) is 52.6 Å². The van der Waals surface area contributed by atoms with E-state index in [1.54, 1.807) is 35.2 Å². The molecule has 6 rings (SSSR count). The third kappa shape index (κ3) is 6.50. The highest BCUT2D eigenvalue weighted by molar-refractivity contribution is 5.84. The van der Waals surface area contributed by atoms with Crippen LogP contribution < -0.4 is 19.9 Å². The Labute approximate surface area is 251 Å². The molecule has 0 unspecified atom stereocenters. The number of piperidine rings is 2. The number of alkyl halides is 5. The summed E-state index contributed by atoms with van der Waals surface area (Å²) in [6.45, 7) is 1.81. The molecule has 3 aromatic rings. The molecule has 0 aliphatic carbocycles. The Hall–Kier alpha value is -3.80. The number of hydrogen-bond donors (Lipinski definition) is 1. The van der Waals surface area contributed by atoms with Crippen LogP contribution in [0.3, 0.4) is 0 Å². The number of rotatable bonds is 6. The van der Waals surface area contributed by atoms with Crippen LogP contribution in [0.25, 0.3) is 11.9 Å². The predicted octanol–water partition coefficient (Wildman–Crippen LogP) is 7.57. The highest BCUT2D eigenvalue weighted by Gasteiger charge is 2.44. The lowest BCUT2D eigenvalue weighted by molar-refractivity contribution is -0.138. The molecular formula is C32H33F6N5O. The maximum atomic E-state index is 15.9. The van der Waals surface area contributed by atoms with E-state index in [2.05, 4.69) is 15.3 Å². The largest absolute Gasteiger partial charge is 0.457 e. The number of anilines is 2. The molecule has 0 bridgehead atoms. The average molecular weight is 618 g/mol. The van der Waals surface area contributed by atoms with Gasteiger partial charge < -0.3 is 19.9 Å². The Morgan fingerprint density at radius 2 is 1.68 bits per heavy atom. The van der Waals surface area contributed by atoms with Crippen molar-refractivity contribution < 1.29 is 31.1 Å². The monoisotopic (exact) mass is 617 g/mol. The van der Waals surface area contributed by atoms with Gasteiger partial charge in [0.2, 0.25) is 0 Å². The summed E-state index contributed by atoms with van der Waals surface area (Å²) in [4.78, 5) is 11.2. The Kier molecular flexibility index (Phi) is 8.21. The minimum atomic E-state index is -4.82. The molecule has 234 valence electrons. The first-order valence-electron chi connectivity index (χ1n) is 14.8. The van der Waals surface area contributed by atoms with E-state index >= 15 is 17.6 Å². The van der Waals surface area contributed by atoms with Crippen LogP contribution in [0.1, 0.15) is 48.9 Å². The first-order chi connectivity index (χ1) is 21.0. The number of nitrogens with zero attached hydrogens (tertiary/aromatic N) is 4. The van der Waals surface area contributed by atoms with Crippen molar-refractivity contribution in [1.29, 1.82) is 0 Å². The number of benzene rings is 2. The molecule has 3 aliphatic rings. The van der Waals surface area contributed by atoms with Crippen molar-refractivity contribution >= 4 is 23.4 Å². The normalized spacial score (nSPS) is 20.3. The predicted molar refractivity (Wildman–Crippen MR) is 157 cm³/mol. The molecule has 2 aromatic carbocycles. The van der Waals surface area contributed by atoms with Gasteiger partial charge in [-0.1, -0.05) is 18.2 Å². The molecule has 12 heteroatoms. The lowest BCUT2D eigenvalue weighted by atomic mass is 9.72. The number of halogens is 6. The number of ether oxygens (including phenoxy) is 1. The molecule has 0 amide bonds. The number of aromatic nitrogens is 2. The van der Waals surface area contributed by atoms with Crippen molar-refractivity contribution in [3.8, 4) is 11.5 Å². The summed E-state index contributed by atoms with van der Waals surface area (Å²) in [5.41, 5.74) is -1.52. The fraction of sp³-hybridized carbons (Fsp3) is 0.438. The van der Waals surface area contributed by atoms with Crippen molar-refractivity contribution in [3.05, 3.63) is 71.7 Å². The summed E-state index contributed by atoms with van der Waals surface area (Å²) in [6.07, 6.45) is 1.52. The van der Waals surface area contributed by atoms with Gasteiger partial charge in [0.1, 0.15) is 28.6 Å². The third-order valence-corrected chi connectivity index (χ3v) is 8.71. The van der Waals surface area contributed by atoms with Gasteiger partial charge in [-0.05, 0) is 74.5 Å². The minimum Gasteiger partial charge on any atom is -0.457 e. The lowest BCUT2D eigenvalue weighted by Crippen LogP contribution is -2.49. The first-order valence-corrected chi connectivity index (χ1v) is 14.8. The first kappa shape index (κ1) is 30.2. The van der Waals surface area contributed by atoms with Crippen LogP contribution in [0.4, 0.5) is 37.8 Å². The van der Waals surface area contributed by atoms with E-state index in [0.717, 1.165) is 44.6 Å². The third-order valence-electron chi connectivity index (χ3n) is 8.71. The van der Waals surface area contributed by atoms with E-state index in [1.807, 2.05) is 0 Å². The van der Waals surface area contributed by atoms with E-state index in [0.29, 0.717) is 19.5 Å². The second-order valence-corrected chi connectivity index (χ2v) is 11.8. The van der Waals surface area contributed by atoms with Crippen LogP contribution in [-0.2, 0) is 6.18 Å². The second-order valence-electron chi connectivity index (χ2n) is 11.8. The van der Waals surface area contributed by atoms with Gasteiger partial charge >= 0.3 is 6.18 Å². The molecule has 1 spiro atoms. The van der Waals surface area contributed by atoms with Gasteiger partial charge in [-0.25, -0.2) is 18.2 Å². The standard InChI is InChI=1S/C32H33F6N5O/c33-24(25-18-40-19-27(41-25)42-16-12-31(34,35)21-42)17-22-7-8-26(44-23-5-2-1-3-6-23)28(32(36,37)38)29(22)43-15-4-9-30(20-43)10-13-39-14-11-30/h1-3,5-8,17-19,39H,4,9-16,20-21H2/b24-17-.